The van der Waals surface area contributed by atoms with Crippen molar-refractivity contribution < 1.29 is 4.79 Å². The first kappa shape index (κ1) is 23.1. The van der Waals surface area contributed by atoms with Crippen LogP contribution in [0.2, 0.25) is 5.02 Å². The second-order valence-electron chi connectivity index (χ2n) is 8.57. The summed E-state index contributed by atoms with van der Waals surface area (Å²) in [5.74, 6) is 0.424. The summed E-state index contributed by atoms with van der Waals surface area (Å²) in [6.07, 6.45) is 6.11. The van der Waals surface area contributed by atoms with E-state index in [9.17, 15) is 4.79 Å². The van der Waals surface area contributed by atoms with Crippen molar-refractivity contribution >= 4 is 23.3 Å². The number of piperidine rings is 1. The number of likely N-dealkylation sites (N-methyl/N-ethyl adjacent to an activating group) is 1. The smallest absolute Gasteiger partial charge is 0.255 e. The summed E-state index contributed by atoms with van der Waals surface area (Å²) in [6, 6.07) is 9.57. The van der Waals surface area contributed by atoms with Crippen molar-refractivity contribution in [3.8, 4) is 22.4 Å². The van der Waals surface area contributed by atoms with E-state index in [1.807, 2.05) is 23.1 Å². The van der Waals surface area contributed by atoms with E-state index < -0.39 is 0 Å². The lowest BCUT2D eigenvalue weighted by Crippen LogP contribution is -2.47. The molecule has 1 aromatic carbocycles. The summed E-state index contributed by atoms with van der Waals surface area (Å²) in [6.45, 7) is 3.51. The molecule has 1 unspecified atom stereocenters. The minimum absolute atomic E-state index is 0.0296. The van der Waals surface area contributed by atoms with Gasteiger partial charge in [-0.2, -0.15) is 0 Å². The van der Waals surface area contributed by atoms with Crippen LogP contribution < -0.4 is 5.73 Å². The molecule has 1 fully saturated rings. The lowest BCUT2D eigenvalue weighted by Gasteiger charge is -2.36. The van der Waals surface area contributed by atoms with Gasteiger partial charge < -0.3 is 15.5 Å². The lowest BCUT2D eigenvalue weighted by atomic mass is 9.96. The van der Waals surface area contributed by atoms with Crippen LogP contribution in [0.4, 0.5) is 5.82 Å². The predicted molar refractivity (Wildman–Crippen MR) is 132 cm³/mol. The maximum absolute atomic E-state index is 13.2. The number of likely N-dealkylation sites (tertiary alicyclic amines) is 1. The maximum atomic E-state index is 13.2. The summed E-state index contributed by atoms with van der Waals surface area (Å²) in [5.41, 5.74) is 10.6. The number of carbonyl (C=O) groups excluding carboxylic acids is 1. The zero-order valence-corrected chi connectivity index (χ0v) is 20.0. The first-order valence-corrected chi connectivity index (χ1v) is 11.6. The molecule has 0 radical (unpaired) electrons. The molecular weight excluding hydrogens is 436 g/mol. The molecule has 1 atom stereocenters. The molecule has 33 heavy (non-hydrogen) atoms. The van der Waals surface area contributed by atoms with Crippen LogP contribution in [0.5, 0.6) is 0 Å². The minimum Gasteiger partial charge on any atom is -0.384 e. The average Bonchev–Trinajstić information content (AvgIpc) is 2.83. The van der Waals surface area contributed by atoms with Gasteiger partial charge in [0.25, 0.3) is 5.91 Å². The molecule has 1 amide bonds. The summed E-state index contributed by atoms with van der Waals surface area (Å²) >= 11 is 6.65. The number of hydrogen-bond donors (Lipinski definition) is 1. The molecule has 1 saturated heterocycles. The highest BCUT2D eigenvalue weighted by Crippen LogP contribution is 2.35. The third-order valence-corrected chi connectivity index (χ3v) is 6.54. The number of aromatic nitrogens is 3. The van der Waals surface area contributed by atoms with Gasteiger partial charge in [-0.25, -0.2) is 15.0 Å². The van der Waals surface area contributed by atoms with Gasteiger partial charge in [-0.05, 0) is 57.6 Å². The second kappa shape index (κ2) is 9.85. The van der Waals surface area contributed by atoms with E-state index in [2.05, 4.69) is 40.9 Å². The highest BCUT2D eigenvalue weighted by atomic mass is 35.5. The number of hydrogen-bond acceptors (Lipinski definition) is 6. The van der Waals surface area contributed by atoms with Crippen LogP contribution in [-0.2, 0) is 6.42 Å². The third kappa shape index (κ3) is 4.84. The Labute approximate surface area is 199 Å². The van der Waals surface area contributed by atoms with Crippen molar-refractivity contribution in [1.29, 1.82) is 0 Å². The third-order valence-electron chi connectivity index (χ3n) is 6.22. The van der Waals surface area contributed by atoms with Gasteiger partial charge in [-0.1, -0.05) is 24.6 Å². The van der Waals surface area contributed by atoms with Crippen molar-refractivity contribution in [2.45, 2.75) is 32.2 Å². The van der Waals surface area contributed by atoms with E-state index in [1.165, 1.54) is 0 Å². The fraction of sp³-hybridized carbons (Fsp3) is 0.360. The average molecular weight is 465 g/mol. The van der Waals surface area contributed by atoms with Gasteiger partial charge in [0.05, 0.1) is 22.0 Å². The molecule has 1 aliphatic rings. The number of benzene rings is 1. The Morgan fingerprint density at radius 1 is 1.18 bits per heavy atom. The second-order valence-corrected chi connectivity index (χ2v) is 8.98. The highest BCUT2D eigenvalue weighted by Gasteiger charge is 2.27. The van der Waals surface area contributed by atoms with Crippen LogP contribution in [0.25, 0.3) is 22.4 Å². The van der Waals surface area contributed by atoms with Crippen molar-refractivity contribution in [2.24, 2.45) is 0 Å². The molecule has 2 aromatic heterocycles. The first-order chi connectivity index (χ1) is 15.9. The minimum atomic E-state index is -0.0296. The molecule has 0 spiro atoms. The number of amides is 1. The van der Waals surface area contributed by atoms with E-state index in [1.54, 1.807) is 24.7 Å². The van der Waals surface area contributed by atoms with Gasteiger partial charge in [0.1, 0.15) is 12.1 Å². The molecule has 1 aliphatic heterocycles. The zero-order chi connectivity index (χ0) is 23.5. The van der Waals surface area contributed by atoms with Crippen molar-refractivity contribution in [1.82, 2.24) is 24.8 Å². The largest absolute Gasteiger partial charge is 0.384 e. The Balaban J connectivity index is 1.69. The Bertz CT molecular complexity index is 1150. The molecule has 172 valence electrons. The quantitative estimate of drug-likeness (QED) is 0.609. The topological polar surface area (TPSA) is 88.2 Å². The van der Waals surface area contributed by atoms with Gasteiger partial charge in [-0.3, -0.25) is 4.79 Å². The number of aryl methyl sites for hydroxylation is 1. The van der Waals surface area contributed by atoms with E-state index in [4.69, 9.17) is 17.3 Å². The van der Waals surface area contributed by atoms with Crippen LogP contribution in [0.15, 0.2) is 42.9 Å². The number of nitrogens with zero attached hydrogens (tertiary/aromatic N) is 5. The number of anilines is 1. The number of carbonyl (C=O) groups is 1. The summed E-state index contributed by atoms with van der Waals surface area (Å²) < 4.78 is 0. The van der Waals surface area contributed by atoms with Crippen LogP contribution in [0, 0.1) is 0 Å². The van der Waals surface area contributed by atoms with E-state index in [0.717, 1.165) is 53.9 Å². The van der Waals surface area contributed by atoms with Crippen molar-refractivity contribution in [3.63, 3.8) is 0 Å². The normalized spacial score (nSPS) is 16.3. The number of pyridine rings is 1. The van der Waals surface area contributed by atoms with Crippen LogP contribution in [0.3, 0.4) is 0 Å². The van der Waals surface area contributed by atoms with Gasteiger partial charge in [0.15, 0.2) is 0 Å². The van der Waals surface area contributed by atoms with Gasteiger partial charge in [-0.15, -0.1) is 0 Å². The molecule has 4 rings (SSSR count). The Morgan fingerprint density at radius 3 is 2.64 bits per heavy atom. The molecule has 0 aliphatic carbocycles. The Hall–Kier alpha value is -3.03. The molecule has 3 aromatic rings. The number of nitrogens with two attached hydrogens (primary N) is 1. The molecule has 2 N–H and O–H groups in total. The van der Waals surface area contributed by atoms with Crippen molar-refractivity contribution in [2.75, 3.05) is 32.9 Å². The summed E-state index contributed by atoms with van der Waals surface area (Å²) in [5, 5.41) is 0.419. The van der Waals surface area contributed by atoms with Gasteiger partial charge in [0, 0.05) is 42.0 Å². The van der Waals surface area contributed by atoms with Gasteiger partial charge >= 0.3 is 0 Å². The van der Waals surface area contributed by atoms with E-state index in [-0.39, 0.29) is 5.91 Å². The molecule has 0 saturated carbocycles. The number of rotatable bonds is 5. The SMILES string of the molecule is CCc1ncnc(-c2ccc(C(=O)N3CCCC(N(C)C)C3)c(Cl)c2)c1-c1ccc(N)nc1. The molecule has 3 heterocycles. The van der Waals surface area contributed by atoms with Gasteiger partial charge in [0.2, 0.25) is 0 Å². The van der Waals surface area contributed by atoms with E-state index >= 15 is 0 Å². The Morgan fingerprint density at radius 2 is 1.97 bits per heavy atom. The summed E-state index contributed by atoms with van der Waals surface area (Å²) in [4.78, 5) is 30.6. The standard InChI is InChI=1S/C25H29ClN6O/c1-4-21-23(17-8-10-22(27)28-13-17)24(30-15-29-21)16-7-9-19(20(26)12-16)25(33)32-11-5-6-18(14-32)31(2)3/h7-10,12-13,15,18H,4-6,11,14H2,1-3H3,(H2,27,28). The Kier molecular flexibility index (Phi) is 6.91. The monoisotopic (exact) mass is 464 g/mol. The maximum Gasteiger partial charge on any atom is 0.255 e. The zero-order valence-electron chi connectivity index (χ0n) is 19.3. The molecule has 8 heteroatoms. The first-order valence-electron chi connectivity index (χ1n) is 11.2. The van der Waals surface area contributed by atoms with E-state index in [0.29, 0.717) is 29.0 Å². The fourth-order valence-corrected chi connectivity index (χ4v) is 4.59. The highest BCUT2D eigenvalue weighted by molar-refractivity contribution is 6.34. The predicted octanol–water partition coefficient (Wildman–Crippen LogP) is 4.17. The summed E-state index contributed by atoms with van der Waals surface area (Å²) in [7, 11) is 4.11. The lowest BCUT2D eigenvalue weighted by molar-refractivity contribution is 0.0635. The van der Waals surface area contributed by atoms with Crippen molar-refractivity contribution in [3.05, 3.63) is 59.1 Å². The van der Waals surface area contributed by atoms with Crippen LogP contribution >= 0.6 is 11.6 Å². The van der Waals surface area contributed by atoms with Crippen LogP contribution in [-0.4, -0.2) is 63.9 Å². The number of nitrogen functional groups attached to an aromatic ring is 1. The molecular formula is C25H29ClN6O. The fourth-order valence-electron chi connectivity index (χ4n) is 4.33. The molecule has 0 bridgehead atoms. The molecule has 7 nitrogen and oxygen atoms in total. The number of halogens is 1. The van der Waals surface area contributed by atoms with Crippen LogP contribution in [0.1, 0.15) is 35.8 Å².